The summed E-state index contributed by atoms with van der Waals surface area (Å²) in [5, 5.41) is 11.6. The topological polar surface area (TPSA) is 88.5 Å². The van der Waals surface area contributed by atoms with E-state index in [2.05, 4.69) is 10.3 Å². The molecule has 0 saturated heterocycles. The van der Waals surface area contributed by atoms with E-state index in [1.807, 2.05) is 6.92 Å². The predicted octanol–water partition coefficient (Wildman–Crippen LogP) is 1.32. The van der Waals surface area contributed by atoms with Crippen LogP contribution in [-0.4, -0.2) is 35.1 Å². The molecule has 0 aliphatic carbocycles. The Kier molecular flexibility index (Phi) is 5.29. The number of carboxylic acid groups (broad SMARTS) is 1. The standard InChI is InChI=1S/C13H18N2O4/c1-4-8(2)10(13(17)18)15-11(16)9-6-5-7-14-12(9)19-3/h5-8,10H,4H2,1-3H3,(H,15,16)(H,17,18)/t8-,10-/m0/s1. The lowest BCUT2D eigenvalue weighted by Crippen LogP contribution is -2.45. The van der Waals surface area contributed by atoms with Gasteiger partial charge in [-0.3, -0.25) is 4.79 Å². The highest BCUT2D eigenvalue weighted by Crippen LogP contribution is 2.15. The minimum atomic E-state index is -1.05. The lowest BCUT2D eigenvalue weighted by molar-refractivity contribution is -0.140. The van der Waals surface area contributed by atoms with E-state index in [-0.39, 0.29) is 17.4 Å². The molecule has 104 valence electrons. The number of nitrogens with zero attached hydrogens (tertiary/aromatic N) is 1. The fraction of sp³-hybridized carbons (Fsp3) is 0.462. The zero-order chi connectivity index (χ0) is 14.4. The Labute approximate surface area is 111 Å². The molecule has 1 rings (SSSR count). The quantitative estimate of drug-likeness (QED) is 0.810. The Bertz CT molecular complexity index is 462. The average molecular weight is 266 g/mol. The van der Waals surface area contributed by atoms with Gasteiger partial charge in [-0.15, -0.1) is 0 Å². The maximum absolute atomic E-state index is 12.1. The fourth-order valence-corrected chi connectivity index (χ4v) is 1.63. The summed E-state index contributed by atoms with van der Waals surface area (Å²) < 4.78 is 4.98. The van der Waals surface area contributed by atoms with Gasteiger partial charge >= 0.3 is 5.97 Å². The van der Waals surface area contributed by atoms with Crippen LogP contribution in [0.2, 0.25) is 0 Å². The number of hydrogen-bond acceptors (Lipinski definition) is 4. The summed E-state index contributed by atoms with van der Waals surface area (Å²) in [7, 11) is 1.41. The molecule has 1 heterocycles. The summed E-state index contributed by atoms with van der Waals surface area (Å²) in [6.45, 7) is 3.65. The van der Waals surface area contributed by atoms with Gasteiger partial charge in [0.05, 0.1) is 7.11 Å². The van der Waals surface area contributed by atoms with Crippen LogP contribution in [0.3, 0.4) is 0 Å². The van der Waals surface area contributed by atoms with Crippen molar-refractivity contribution in [2.24, 2.45) is 5.92 Å². The second kappa shape index (κ2) is 6.72. The van der Waals surface area contributed by atoms with Crippen molar-refractivity contribution in [2.75, 3.05) is 7.11 Å². The molecular formula is C13H18N2O4. The van der Waals surface area contributed by atoms with E-state index in [1.165, 1.54) is 19.4 Å². The Morgan fingerprint density at radius 1 is 1.53 bits per heavy atom. The molecule has 0 aliphatic heterocycles. The van der Waals surface area contributed by atoms with Crippen LogP contribution < -0.4 is 10.1 Å². The Morgan fingerprint density at radius 3 is 2.74 bits per heavy atom. The molecule has 6 nitrogen and oxygen atoms in total. The van der Waals surface area contributed by atoms with Crippen LogP contribution in [0, 0.1) is 5.92 Å². The van der Waals surface area contributed by atoms with Gasteiger partial charge < -0.3 is 15.2 Å². The maximum Gasteiger partial charge on any atom is 0.326 e. The lowest BCUT2D eigenvalue weighted by Gasteiger charge is -2.20. The van der Waals surface area contributed by atoms with Gasteiger partial charge in [0.1, 0.15) is 11.6 Å². The van der Waals surface area contributed by atoms with Gasteiger partial charge in [-0.2, -0.15) is 0 Å². The van der Waals surface area contributed by atoms with E-state index in [1.54, 1.807) is 13.0 Å². The molecule has 0 spiro atoms. The smallest absolute Gasteiger partial charge is 0.326 e. The van der Waals surface area contributed by atoms with Gasteiger partial charge in [0, 0.05) is 6.20 Å². The molecule has 1 amide bonds. The summed E-state index contributed by atoms with van der Waals surface area (Å²) in [6.07, 6.45) is 2.15. The molecule has 2 atom stereocenters. The molecule has 2 N–H and O–H groups in total. The summed E-state index contributed by atoms with van der Waals surface area (Å²) in [5.41, 5.74) is 0.222. The molecule has 0 bridgehead atoms. The second-order valence-electron chi connectivity index (χ2n) is 4.24. The van der Waals surface area contributed by atoms with Crippen molar-refractivity contribution in [3.05, 3.63) is 23.9 Å². The van der Waals surface area contributed by atoms with E-state index >= 15 is 0 Å². The molecule has 0 saturated carbocycles. The van der Waals surface area contributed by atoms with E-state index in [9.17, 15) is 9.59 Å². The number of hydrogen-bond donors (Lipinski definition) is 2. The number of carboxylic acids is 1. The maximum atomic E-state index is 12.1. The molecule has 6 heteroatoms. The van der Waals surface area contributed by atoms with Crippen molar-refractivity contribution in [3.8, 4) is 5.88 Å². The number of aliphatic carboxylic acids is 1. The number of ether oxygens (including phenoxy) is 1. The summed E-state index contributed by atoms with van der Waals surface area (Å²) in [5.74, 6) is -1.54. The third-order valence-corrected chi connectivity index (χ3v) is 2.97. The van der Waals surface area contributed by atoms with Gasteiger partial charge in [-0.05, 0) is 18.1 Å². The minimum absolute atomic E-state index is 0.163. The molecule has 0 unspecified atom stereocenters. The van der Waals surface area contributed by atoms with Crippen LogP contribution in [0.1, 0.15) is 30.6 Å². The van der Waals surface area contributed by atoms with Gasteiger partial charge in [0.25, 0.3) is 5.91 Å². The lowest BCUT2D eigenvalue weighted by atomic mass is 9.99. The number of methoxy groups -OCH3 is 1. The number of carbonyl (C=O) groups excluding carboxylic acids is 1. The highest BCUT2D eigenvalue weighted by molar-refractivity contribution is 5.98. The molecule has 0 aromatic carbocycles. The highest BCUT2D eigenvalue weighted by atomic mass is 16.5. The second-order valence-corrected chi connectivity index (χ2v) is 4.24. The van der Waals surface area contributed by atoms with Crippen LogP contribution >= 0.6 is 0 Å². The SMILES string of the molecule is CC[C@H](C)[C@H](NC(=O)c1cccnc1OC)C(=O)O. The first-order valence-electron chi connectivity index (χ1n) is 6.03. The Balaban J connectivity index is 2.91. The first-order chi connectivity index (χ1) is 9.01. The average Bonchev–Trinajstić information content (AvgIpc) is 2.43. The molecule has 19 heavy (non-hydrogen) atoms. The molecule has 0 fully saturated rings. The van der Waals surface area contributed by atoms with Gasteiger partial charge in [0.15, 0.2) is 0 Å². The van der Waals surface area contributed by atoms with Gasteiger partial charge in [-0.25, -0.2) is 9.78 Å². The van der Waals surface area contributed by atoms with Crippen molar-refractivity contribution < 1.29 is 19.4 Å². The van der Waals surface area contributed by atoms with Crippen molar-refractivity contribution in [3.63, 3.8) is 0 Å². The summed E-state index contributed by atoms with van der Waals surface area (Å²) >= 11 is 0. The summed E-state index contributed by atoms with van der Waals surface area (Å²) in [4.78, 5) is 27.1. The summed E-state index contributed by atoms with van der Waals surface area (Å²) in [6, 6.07) is 2.20. The number of carbonyl (C=O) groups is 2. The minimum Gasteiger partial charge on any atom is -0.480 e. The normalized spacial score (nSPS) is 13.4. The number of nitrogens with one attached hydrogen (secondary N) is 1. The molecule has 1 aromatic heterocycles. The van der Waals surface area contributed by atoms with E-state index in [0.717, 1.165) is 0 Å². The zero-order valence-corrected chi connectivity index (χ0v) is 11.2. The number of rotatable bonds is 6. The van der Waals surface area contributed by atoms with E-state index in [0.29, 0.717) is 6.42 Å². The monoisotopic (exact) mass is 266 g/mol. The van der Waals surface area contributed by atoms with Crippen molar-refractivity contribution in [1.82, 2.24) is 10.3 Å². The first-order valence-corrected chi connectivity index (χ1v) is 6.03. The van der Waals surface area contributed by atoms with Crippen molar-refractivity contribution in [2.45, 2.75) is 26.3 Å². The molecule has 0 aliphatic rings. The Hall–Kier alpha value is -2.11. The van der Waals surface area contributed by atoms with Gasteiger partial charge in [-0.1, -0.05) is 20.3 Å². The van der Waals surface area contributed by atoms with Crippen LogP contribution in [0.25, 0.3) is 0 Å². The number of aromatic nitrogens is 1. The van der Waals surface area contributed by atoms with Crippen LogP contribution in [0.5, 0.6) is 5.88 Å². The first kappa shape index (κ1) is 14.9. The van der Waals surface area contributed by atoms with Crippen LogP contribution in [0.15, 0.2) is 18.3 Å². The third kappa shape index (κ3) is 3.67. The van der Waals surface area contributed by atoms with Crippen LogP contribution in [-0.2, 0) is 4.79 Å². The van der Waals surface area contributed by atoms with E-state index < -0.39 is 17.9 Å². The van der Waals surface area contributed by atoms with E-state index in [4.69, 9.17) is 9.84 Å². The molecule has 1 aromatic rings. The van der Waals surface area contributed by atoms with Crippen LogP contribution in [0.4, 0.5) is 0 Å². The largest absolute Gasteiger partial charge is 0.480 e. The van der Waals surface area contributed by atoms with Crippen molar-refractivity contribution >= 4 is 11.9 Å². The molecular weight excluding hydrogens is 248 g/mol. The van der Waals surface area contributed by atoms with Gasteiger partial charge in [0.2, 0.25) is 5.88 Å². The fourth-order valence-electron chi connectivity index (χ4n) is 1.63. The number of pyridine rings is 1. The third-order valence-electron chi connectivity index (χ3n) is 2.97. The van der Waals surface area contributed by atoms with Crippen molar-refractivity contribution in [1.29, 1.82) is 0 Å². The Morgan fingerprint density at radius 2 is 2.21 bits per heavy atom. The number of amides is 1. The highest BCUT2D eigenvalue weighted by Gasteiger charge is 2.26. The predicted molar refractivity (Wildman–Crippen MR) is 69.1 cm³/mol. The zero-order valence-electron chi connectivity index (χ0n) is 11.2. The molecule has 0 radical (unpaired) electrons.